The number of hydrogen-bond donors (Lipinski definition) is 3. The SMILES string of the molecule is C[C@H](CCC([O-])=NS(=O)(=O)C(F)(F)F)[C@H]1CC[C@H]2[C@@H]3C(O)C[C@@H]4CC(O)CC[C@]4(C)[C@H]3CC(O)[C@]12C. The highest BCUT2D eigenvalue weighted by atomic mass is 32.2. The number of alkyl halides is 3. The maximum absolute atomic E-state index is 12.5. The molecule has 4 fully saturated rings. The molecule has 4 aliphatic carbocycles. The van der Waals surface area contributed by atoms with Gasteiger partial charge in [-0.25, -0.2) is 0 Å². The number of aliphatic hydroxyl groups excluding tert-OH is 3. The number of nitrogens with zero attached hydrogens (tertiary/aromatic N) is 1. The van der Waals surface area contributed by atoms with Crippen LogP contribution in [0.25, 0.3) is 0 Å². The molecule has 0 aromatic carbocycles. The van der Waals surface area contributed by atoms with E-state index in [1.165, 1.54) is 0 Å². The maximum Gasteiger partial charge on any atom is 0.518 e. The van der Waals surface area contributed by atoms with E-state index in [0.29, 0.717) is 19.3 Å². The summed E-state index contributed by atoms with van der Waals surface area (Å²) in [5.41, 5.74) is -6.17. The molecule has 4 rings (SSSR count). The molecule has 0 aliphatic heterocycles. The van der Waals surface area contributed by atoms with Crippen molar-refractivity contribution in [3.8, 4) is 0 Å². The fourth-order valence-corrected chi connectivity index (χ4v) is 9.38. The molecule has 0 heterocycles. The molecule has 0 radical (unpaired) electrons. The number of sulfonamides is 1. The minimum absolute atomic E-state index is 0.0172. The first kappa shape index (κ1) is 28.1. The van der Waals surface area contributed by atoms with Gasteiger partial charge in [0.15, 0.2) is 0 Å². The fraction of sp³-hybridized carbons (Fsp3) is 0.960. The van der Waals surface area contributed by atoms with Gasteiger partial charge < -0.3 is 20.4 Å². The lowest BCUT2D eigenvalue weighted by Gasteiger charge is -2.63. The third kappa shape index (κ3) is 4.49. The first-order valence-corrected chi connectivity index (χ1v) is 14.6. The first-order valence-electron chi connectivity index (χ1n) is 13.1. The van der Waals surface area contributed by atoms with Gasteiger partial charge in [-0.2, -0.15) is 26.0 Å². The average molecular weight is 539 g/mol. The zero-order valence-electron chi connectivity index (χ0n) is 21.1. The van der Waals surface area contributed by atoms with E-state index in [0.717, 1.165) is 25.7 Å². The predicted molar refractivity (Wildman–Crippen MR) is 125 cm³/mol. The van der Waals surface area contributed by atoms with Crippen LogP contribution in [0.15, 0.2) is 4.40 Å². The van der Waals surface area contributed by atoms with Gasteiger partial charge in [0, 0.05) is 0 Å². The fourth-order valence-electron chi connectivity index (χ4n) is 8.92. The summed E-state index contributed by atoms with van der Waals surface area (Å²) in [7, 11) is -5.85. The molecule has 0 aromatic rings. The molecule has 0 spiro atoms. The van der Waals surface area contributed by atoms with E-state index in [9.17, 15) is 42.0 Å². The molecule has 208 valence electrons. The smallest absolute Gasteiger partial charge is 0.518 e. The van der Waals surface area contributed by atoms with Crippen LogP contribution >= 0.6 is 0 Å². The molecule has 0 amide bonds. The van der Waals surface area contributed by atoms with E-state index in [2.05, 4.69) is 11.3 Å². The normalized spacial score (nSPS) is 46.5. The lowest BCUT2D eigenvalue weighted by atomic mass is 9.43. The molecule has 11 atom stereocenters. The Bertz CT molecular complexity index is 973. The Kier molecular flexibility index (Phi) is 7.32. The average Bonchev–Trinajstić information content (AvgIpc) is 3.11. The molecule has 0 aromatic heterocycles. The van der Waals surface area contributed by atoms with Gasteiger partial charge in [0.05, 0.1) is 18.3 Å². The number of hydrogen-bond acceptors (Lipinski definition) is 6. The molecular formula is C25H39F3NO6S-. The van der Waals surface area contributed by atoms with Crippen molar-refractivity contribution in [1.29, 1.82) is 0 Å². The van der Waals surface area contributed by atoms with Crippen LogP contribution in [0.3, 0.4) is 0 Å². The topological polar surface area (TPSA) is 130 Å². The molecule has 3 N–H and O–H groups in total. The van der Waals surface area contributed by atoms with Crippen molar-refractivity contribution in [3.05, 3.63) is 0 Å². The van der Waals surface area contributed by atoms with Crippen LogP contribution in [0, 0.1) is 46.3 Å². The second-order valence-corrected chi connectivity index (χ2v) is 14.0. The third-order valence-corrected chi connectivity index (χ3v) is 11.9. The summed E-state index contributed by atoms with van der Waals surface area (Å²) in [4.78, 5) is 0. The summed E-state index contributed by atoms with van der Waals surface area (Å²) in [6, 6.07) is 0. The summed E-state index contributed by atoms with van der Waals surface area (Å²) < 4.78 is 62.4. The number of rotatable bonds is 5. The zero-order chi connectivity index (χ0) is 26.8. The lowest BCUT2D eigenvalue weighted by Crippen LogP contribution is -2.62. The largest absolute Gasteiger partial charge is 0.861 e. The predicted octanol–water partition coefficient (Wildman–Crippen LogP) is 2.97. The second-order valence-electron chi connectivity index (χ2n) is 12.4. The maximum atomic E-state index is 12.5. The van der Waals surface area contributed by atoms with Crippen LogP contribution in [0.1, 0.15) is 78.6 Å². The molecule has 3 unspecified atom stereocenters. The number of fused-ring (bicyclic) bond motifs is 5. The van der Waals surface area contributed by atoms with Crippen LogP contribution in [0.5, 0.6) is 0 Å². The first-order chi connectivity index (χ1) is 16.5. The zero-order valence-corrected chi connectivity index (χ0v) is 21.9. The van der Waals surface area contributed by atoms with Gasteiger partial charge >= 0.3 is 15.5 Å². The van der Waals surface area contributed by atoms with Gasteiger partial charge in [-0.05, 0) is 110 Å². The van der Waals surface area contributed by atoms with Crippen molar-refractivity contribution in [3.63, 3.8) is 0 Å². The third-order valence-electron chi connectivity index (χ3n) is 10.8. The van der Waals surface area contributed by atoms with Crippen LogP contribution in [0.4, 0.5) is 13.2 Å². The van der Waals surface area contributed by atoms with Gasteiger partial charge in [-0.15, -0.1) is 0 Å². The molecule has 0 saturated heterocycles. The monoisotopic (exact) mass is 538 g/mol. The van der Waals surface area contributed by atoms with Crippen molar-refractivity contribution in [1.82, 2.24) is 0 Å². The van der Waals surface area contributed by atoms with Gasteiger partial charge in [0.2, 0.25) is 0 Å². The molecule has 4 saturated carbocycles. The van der Waals surface area contributed by atoms with E-state index >= 15 is 0 Å². The minimum atomic E-state index is -5.85. The van der Waals surface area contributed by atoms with E-state index in [1.54, 1.807) is 0 Å². The quantitative estimate of drug-likeness (QED) is 0.365. The van der Waals surface area contributed by atoms with E-state index < -0.39 is 45.5 Å². The van der Waals surface area contributed by atoms with Gasteiger partial charge in [0.25, 0.3) is 0 Å². The Morgan fingerprint density at radius 2 is 1.75 bits per heavy atom. The van der Waals surface area contributed by atoms with Crippen molar-refractivity contribution in [2.75, 3.05) is 0 Å². The van der Waals surface area contributed by atoms with E-state index in [1.807, 2.05) is 13.8 Å². The van der Waals surface area contributed by atoms with E-state index in [-0.39, 0.29) is 53.4 Å². The second kappa shape index (κ2) is 9.38. The Morgan fingerprint density at radius 1 is 1.08 bits per heavy atom. The van der Waals surface area contributed by atoms with Crippen LogP contribution in [0.2, 0.25) is 0 Å². The summed E-state index contributed by atoms with van der Waals surface area (Å²) >= 11 is 0. The summed E-state index contributed by atoms with van der Waals surface area (Å²) in [6.07, 6.45) is 3.31. The minimum Gasteiger partial charge on any atom is -0.861 e. The lowest BCUT2D eigenvalue weighted by molar-refractivity contribution is -0.219. The van der Waals surface area contributed by atoms with Crippen molar-refractivity contribution < 1.29 is 42.0 Å². The van der Waals surface area contributed by atoms with Crippen LogP contribution in [-0.2, 0) is 10.0 Å². The standard InChI is InChI=1S/C25H40F3NO6S/c1-13(4-7-21(33)29-36(34,35)25(26,27)28)16-5-6-17-22-18(12-20(32)24(16,17)3)23(2)9-8-15(30)10-14(23)11-19(22)31/h13-20,22,30-32H,4-12H2,1-3H3,(H,29,33)/p-1/t13-,14+,15?,16-,17+,18+,19?,20?,22+,23+,24-/m1/s1. The molecule has 7 nitrogen and oxygen atoms in total. The molecule has 11 heteroatoms. The Morgan fingerprint density at radius 3 is 2.39 bits per heavy atom. The highest BCUT2D eigenvalue weighted by Crippen LogP contribution is 2.68. The Balaban J connectivity index is 1.51. The number of aliphatic hydroxyl groups is 3. The highest BCUT2D eigenvalue weighted by Gasteiger charge is 2.65. The highest BCUT2D eigenvalue weighted by molar-refractivity contribution is 7.91. The van der Waals surface area contributed by atoms with Crippen LogP contribution < -0.4 is 5.11 Å². The van der Waals surface area contributed by atoms with E-state index in [4.69, 9.17) is 0 Å². The molecule has 36 heavy (non-hydrogen) atoms. The summed E-state index contributed by atoms with van der Waals surface area (Å²) in [5, 5.41) is 45.0. The Labute approximate surface area is 211 Å². The molecule has 4 aliphatic rings. The summed E-state index contributed by atoms with van der Waals surface area (Å²) in [6.45, 7) is 6.18. The van der Waals surface area contributed by atoms with Crippen molar-refractivity contribution in [2.24, 2.45) is 50.7 Å². The van der Waals surface area contributed by atoms with Crippen molar-refractivity contribution in [2.45, 2.75) is 102 Å². The molecule has 0 bridgehead atoms. The Hall–Kier alpha value is -0.910. The van der Waals surface area contributed by atoms with Crippen molar-refractivity contribution >= 4 is 15.9 Å². The number of halogens is 3. The molecular weight excluding hydrogens is 499 g/mol. The van der Waals surface area contributed by atoms with Gasteiger partial charge in [0.1, 0.15) is 0 Å². The van der Waals surface area contributed by atoms with Gasteiger partial charge in [-0.1, -0.05) is 20.8 Å². The summed E-state index contributed by atoms with van der Waals surface area (Å²) in [5.74, 6) is -1.01. The van der Waals surface area contributed by atoms with Gasteiger partial charge in [-0.3, -0.25) is 0 Å². The van der Waals surface area contributed by atoms with Crippen LogP contribution in [-0.4, -0.2) is 53.5 Å².